The van der Waals surface area contributed by atoms with Gasteiger partial charge < -0.3 is 14.6 Å². The lowest BCUT2D eigenvalue weighted by Gasteiger charge is -2.11. The summed E-state index contributed by atoms with van der Waals surface area (Å²) in [5.41, 5.74) is 2.64. The molecule has 2 N–H and O–H groups in total. The molecule has 33 heavy (non-hydrogen) atoms. The van der Waals surface area contributed by atoms with E-state index in [-0.39, 0.29) is 11.0 Å². The van der Waals surface area contributed by atoms with Gasteiger partial charge in [0.15, 0.2) is 16.3 Å². The van der Waals surface area contributed by atoms with E-state index in [4.69, 9.17) is 17.0 Å². The average molecular weight is 523 g/mol. The molecule has 0 radical (unpaired) electrons. The summed E-state index contributed by atoms with van der Waals surface area (Å²) in [6.07, 6.45) is 5.80. The Morgan fingerprint density at radius 2 is 1.85 bits per heavy atom. The Morgan fingerprint density at radius 3 is 2.58 bits per heavy atom. The van der Waals surface area contributed by atoms with Gasteiger partial charge in [-0.05, 0) is 79.5 Å². The summed E-state index contributed by atoms with van der Waals surface area (Å²) in [5.74, 6) is 1.44. The molecule has 1 amide bonds. The monoisotopic (exact) mass is 522 g/mol. The fraction of sp³-hybridized carbons (Fsp3) is 0.174. The van der Waals surface area contributed by atoms with Gasteiger partial charge in [0.1, 0.15) is 12.1 Å². The highest BCUT2D eigenvalue weighted by Crippen LogP contribution is 2.32. The van der Waals surface area contributed by atoms with E-state index in [1.54, 1.807) is 54.9 Å². The molecule has 0 saturated heterocycles. The number of aromatic nitrogens is 4. The number of imidazole rings is 1. The minimum atomic E-state index is -0.283. The van der Waals surface area contributed by atoms with Crippen LogP contribution >= 0.6 is 28.1 Å². The summed E-state index contributed by atoms with van der Waals surface area (Å²) in [6, 6.07) is 14.2. The van der Waals surface area contributed by atoms with Gasteiger partial charge in [0.25, 0.3) is 11.8 Å². The highest BCUT2D eigenvalue weighted by atomic mass is 79.9. The summed E-state index contributed by atoms with van der Waals surface area (Å²) in [5, 5.41) is 5.87. The van der Waals surface area contributed by atoms with E-state index in [1.165, 1.54) is 19.2 Å². The zero-order valence-electron chi connectivity index (χ0n) is 17.4. The number of anilines is 1. The molecule has 1 saturated carbocycles. The number of hydrogen-bond donors (Lipinski definition) is 2. The van der Waals surface area contributed by atoms with Crippen LogP contribution < -0.4 is 15.4 Å². The molecule has 1 fully saturated rings. The van der Waals surface area contributed by atoms with Gasteiger partial charge >= 0.3 is 0 Å². The largest absolute Gasteiger partial charge is 0.437 e. The van der Waals surface area contributed by atoms with Crippen molar-refractivity contribution in [3.63, 3.8) is 0 Å². The van der Waals surface area contributed by atoms with Gasteiger partial charge in [-0.15, -0.1) is 0 Å². The Kier molecular flexibility index (Phi) is 6.01. The molecule has 1 aliphatic rings. The molecule has 2 heterocycles. The lowest BCUT2D eigenvalue weighted by molar-refractivity contribution is 0.0977. The number of rotatable bonds is 6. The predicted octanol–water partition coefficient (Wildman–Crippen LogP) is 4.92. The number of amides is 1. The number of carbonyl (C=O) groups excluding carboxylic acids is 1. The van der Waals surface area contributed by atoms with Crippen molar-refractivity contribution >= 4 is 56.0 Å². The highest BCUT2D eigenvalue weighted by Gasteiger charge is 2.23. The van der Waals surface area contributed by atoms with Crippen molar-refractivity contribution in [2.45, 2.75) is 19.4 Å². The van der Waals surface area contributed by atoms with Gasteiger partial charge in [0, 0.05) is 22.3 Å². The first-order chi connectivity index (χ1) is 16.0. The first kappa shape index (κ1) is 21.5. The molecule has 0 bridgehead atoms. The van der Waals surface area contributed by atoms with Crippen LogP contribution in [0.15, 0.2) is 65.7 Å². The van der Waals surface area contributed by atoms with Crippen molar-refractivity contribution in [1.29, 1.82) is 0 Å². The van der Waals surface area contributed by atoms with Crippen LogP contribution in [0.3, 0.4) is 0 Å². The summed E-state index contributed by atoms with van der Waals surface area (Å²) < 4.78 is 8.91. The molecule has 1 aliphatic carbocycles. The van der Waals surface area contributed by atoms with Gasteiger partial charge in [0.05, 0.1) is 6.33 Å². The second kappa shape index (κ2) is 9.24. The molecule has 0 atom stereocenters. The van der Waals surface area contributed by atoms with Crippen LogP contribution in [0.2, 0.25) is 0 Å². The Hall–Kier alpha value is -3.37. The van der Waals surface area contributed by atoms with E-state index < -0.39 is 0 Å². The molecule has 4 aromatic rings. The van der Waals surface area contributed by atoms with E-state index in [0.717, 1.165) is 16.7 Å². The fourth-order valence-electron chi connectivity index (χ4n) is 3.30. The van der Waals surface area contributed by atoms with E-state index in [9.17, 15) is 4.79 Å². The molecule has 0 unspecified atom stereocenters. The summed E-state index contributed by atoms with van der Waals surface area (Å²) in [4.78, 5) is 25.4. The number of hydrogen-bond acceptors (Lipinski definition) is 6. The topological polar surface area (TPSA) is 94.0 Å². The van der Waals surface area contributed by atoms with Gasteiger partial charge in [-0.1, -0.05) is 15.9 Å². The Balaban J connectivity index is 1.22. The highest BCUT2D eigenvalue weighted by molar-refractivity contribution is 9.10. The van der Waals surface area contributed by atoms with Crippen molar-refractivity contribution in [3.05, 3.63) is 71.2 Å². The van der Waals surface area contributed by atoms with Crippen molar-refractivity contribution in [3.8, 4) is 11.6 Å². The molecule has 5 rings (SSSR count). The third-order valence-corrected chi connectivity index (χ3v) is 5.91. The van der Waals surface area contributed by atoms with Gasteiger partial charge in [-0.25, -0.2) is 9.97 Å². The first-order valence-corrected chi connectivity index (χ1v) is 11.6. The fourth-order valence-corrected chi connectivity index (χ4v) is 3.78. The van der Waals surface area contributed by atoms with E-state index in [2.05, 4.69) is 46.1 Å². The molecule has 2 aromatic carbocycles. The third kappa shape index (κ3) is 5.18. The van der Waals surface area contributed by atoms with E-state index in [0.29, 0.717) is 34.3 Å². The molecule has 2 aromatic heterocycles. The summed E-state index contributed by atoms with van der Waals surface area (Å²) >= 11 is 8.60. The maximum atomic E-state index is 12.3. The molecule has 10 heteroatoms. The predicted molar refractivity (Wildman–Crippen MR) is 132 cm³/mol. The number of thiocarbonyl (C=S) groups is 1. The van der Waals surface area contributed by atoms with Gasteiger partial charge in [-0.3, -0.25) is 10.1 Å². The molecule has 0 spiro atoms. The van der Waals surface area contributed by atoms with Crippen molar-refractivity contribution < 1.29 is 9.53 Å². The molecular weight excluding hydrogens is 504 g/mol. The maximum absolute atomic E-state index is 12.3. The van der Waals surface area contributed by atoms with Crippen LogP contribution in [0.5, 0.6) is 11.6 Å². The number of halogens is 1. The standard InChI is InChI=1S/C23H19BrN6O2S/c24-16-5-3-15(4-6-16)21(31)29-23(33)28-17-7-9-18(10-8-17)32-22-19-20(25-12-26-22)30(13-27-19)11-14-1-2-14/h3-10,12-14H,1-2,11H2,(H2,28,29,31,33). The third-order valence-electron chi connectivity index (χ3n) is 5.18. The van der Waals surface area contributed by atoms with Crippen LogP contribution in [-0.2, 0) is 6.54 Å². The minimum absolute atomic E-state index is 0.204. The zero-order valence-corrected chi connectivity index (χ0v) is 19.8. The first-order valence-electron chi connectivity index (χ1n) is 10.4. The van der Waals surface area contributed by atoms with Crippen LogP contribution in [-0.4, -0.2) is 30.5 Å². The summed E-state index contributed by atoms with van der Waals surface area (Å²) in [6.45, 7) is 0.922. The molecular formula is C23H19BrN6O2S. The van der Waals surface area contributed by atoms with Crippen LogP contribution in [0.1, 0.15) is 23.2 Å². The van der Waals surface area contributed by atoms with Crippen LogP contribution in [0.25, 0.3) is 11.2 Å². The SMILES string of the molecule is O=C(NC(=S)Nc1ccc(Oc2ncnc3c2ncn3CC2CC2)cc1)c1ccc(Br)cc1. The van der Waals surface area contributed by atoms with E-state index in [1.807, 2.05) is 0 Å². The maximum Gasteiger partial charge on any atom is 0.257 e. The number of nitrogens with one attached hydrogen (secondary N) is 2. The van der Waals surface area contributed by atoms with Gasteiger partial charge in [-0.2, -0.15) is 4.98 Å². The lowest BCUT2D eigenvalue weighted by atomic mass is 10.2. The second-order valence-electron chi connectivity index (χ2n) is 7.73. The minimum Gasteiger partial charge on any atom is -0.437 e. The number of carbonyl (C=O) groups is 1. The lowest BCUT2D eigenvalue weighted by Crippen LogP contribution is -2.34. The summed E-state index contributed by atoms with van der Waals surface area (Å²) in [7, 11) is 0. The van der Waals surface area contributed by atoms with Crippen LogP contribution in [0, 0.1) is 5.92 Å². The normalized spacial score (nSPS) is 13.0. The number of nitrogens with zero attached hydrogens (tertiary/aromatic N) is 4. The Bertz CT molecular complexity index is 1320. The number of benzene rings is 2. The van der Waals surface area contributed by atoms with Crippen molar-refractivity contribution in [2.24, 2.45) is 5.92 Å². The van der Waals surface area contributed by atoms with E-state index >= 15 is 0 Å². The second-order valence-corrected chi connectivity index (χ2v) is 9.06. The van der Waals surface area contributed by atoms with Gasteiger partial charge in [0.2, 0.25) is 0 Å². The van der Waals surface area contributed by atoms with Crippen molar-refractivity contribution in [1.82, 2.24) is 24.8 Å². The smallest absolute Gasteiger partial charge is 0.257 e. The number of ether oxygens (including phenoxy) is 1. The zero-order chi connectivity index (χ0) is 22.8. The molecule has 0 aliphatic heterocycles. The number of fused-ring (bicyclic) bond motifs is 1. The quantitative estimate of drug-likeness (QED) is 0.347. The Labute approximate surface area is 203 Å². The Morgan fingerprint density at radius 1 is 1.09 bits per heavy atom. The average Bonchev–Trinajstić information content (AvgIpc) is 3.53. The van der Waals surface area contributed by atoms with Crippen LogP contribution in [0.4, 0.5) is 5.69 Å². The molecule has 166 valence electrons. The van der Waals surface area contributed by atoms with Crippen molar-refractivity contribution in [2.75, 3.05) is 5.32 Å². The molecule has 8 nitrogen and oxygen atoms in total.